The van der Waals surface area contributed by atoms with Gasteiger partial charge in [-0.1, -0.05) is 13.8 Å². The van der Waals surface area contributed by atoms with Crippen LogP contribution in [0.1, 0.15) is 38.2 Å². The molecule has 4 aromatic rings. The molecule has 1 fully saturated rings. The first-order valence-corrected chi connectivity index (χ1v) is 12.2. The highest BCUT2D eigenvalue weighted by Crippen LogP contribution is 2.37. The molecule has 1 saturated heterocycles. The standard InChI is InChI=1S/C25H30F3N7O/c1-16(2)21-22(17-13-19(36-3)24-29-15-30-35(24)14-17)31-18-5-6-20(32-23(18)21)34-11-9-33(10-12-34)8-4-7-25(26,27)28/h5-6,13-16,31H,4,7-12H2,1-3H3. The fraction of sp³-hybridized carbons (Fsp3) is 0.480. The van der Waals surface area contributed by atoms with Crippen molar-refractivity contribution in [2.45, 2.75) is 38.8 Å². The van der Waals surface area contributed by atoms with E-state index in [1.165, 1.54) is 6.33 Å². The van der Waals surface area contributed by atoms with E-state index >= 15 is 0 Å². The van der Waals surface area contributed by atoms with Crippen molar-refractivity contribution in [1.82, 2.24) is 29.5 Å². The number of methoxy groups -OCH3 is 1. The van der Waals surface area contributed by atoms with Crippen LogP contribution in [0.15, 0.2) is 30.7 Å². The second kappa shape index (κ2) is 9.61. The summed E-state index contributed by atoms with van der Waals surface area (Å²) in [6.45, 7) is 7.68. The maximum atomic E-state index is 12.5. The summed E-state index contributed by atoms with van der Waals surface area (Å²) in [6, 6.07) is 6.01. The van der Waals surface area contributed by atoms with Crippen LogP contribution in [0.3, 0.4) is 0 Å². The fourth-order valence-corrected chi connectivity index (χ4v) is 4.93. The number of hydrogen-bond acceptors (Lipinski definition) is 6. The van der Waals surface area contributed by atoms with Gasteiger partial charge in [-0.2, -0.15) is 18.3 Å². The van der Waals surface area contributed by atoms with Gasteiger partial charge in [-0.25, -0.2) is 14.5 Å². The molecule has 0 unspecified atom stereocenters. The molecular formula is C25H30F3N7O. The van der Waals surface area contributed by atoms with Crippen LogP contribution in [0.4, 0.5) is 19.0 Å². The number of rotatable bonds is 7. The number of aromatic nitrogens is 5. The monoisotopic (exact) mass is 501 g/mol. The van der Waals surface area contributed by atoms with Crippen LogP contribution in [0.2, 0.25) is 0 Å². The molecule has 36 heavy (non-hydrogen) atoms. The Morgan fingerprint density at radius 2 is 1.92 bits per heavy atom. The smallest absolute Gasteiger partial charge is 0.389 e. The van der Waals surface area contributed by atoms with Crippen molar-refractivity contribution in [2.75, 3.05) is 44.7 Å². The summed E-state index contributed by atoms with van der Waals surface area (Å²) in [7, 11) is 1.62. The van der Waals surface area contributed by atoms with Gasteiger partial charge in [-0.05, 0) is 37.1 Å². The van der Waals surface area contributed by atoms with Crippen molar-refractivity contribution in [2.24, 2.45) is 0 Å². The summed E-state index contributed by atoms with van der Waals surface area (Å²) in [6.07, 6.45) is -1.24. The van der Waals surface area contributed by atoms with Gasteiger partial charge in [0.15, 0.2) is 11.4 Å². The molecule has 1 aliphatic heterocycles. The highest BCUT2D eigenvalue weighted by molar-refractivity contribution is 5.90. The molecule has 5 rings (SSSR count). The molecule has 8 nitrogen and oxygen atoms in total. The molecule has 11 heteroatoms. The Hall–Kier alpha value is -3.34. The lowest BCUT2D eigenvalue weighted by atomic mass is 9.99. The largest absolute Gasteiger partial charge is 0.493 e. The van der Waals surface area contributed by atoms with Gasteiger partial charge >= 0.3 is 6.18 Å². The Bertz CT molecular complexity index is 1350. The second-order valence-electron chi connectivity index (χ2n) is 9.51. The number of alkyl halides is 3. The maximum Gasteiger partial charge on any atom is 0.389 e. The van der Waals surface area contributed by atoms with Crippen LogP contribution in [0, 0.1) is 0 Å². The van der Waals surface area contributed by atoms with E-state index < -0.39 is 12.6 Å². The van der Waals surface area contributed by atoms with E-state index in [0.29, 0.717) is 17.9 Å². The van der Waals surface area contributed by atoms with Gasteiger partial charge in [0, 0.05) is 49.9 Å². The van der Waals surface area contributed by atoms with Crippen molar-refractivity contribution in [3.05, 3.63) is 36.3 Å². The Morgan fingerprint density at radius 3 is 2.61 bits per heavy atom. The first-order valence-electron chi connectivity index (χ1n) is 12.2. The Morgan fingerprint density at radius 1 is 1.14 bits per heavy atom. The first-order chi connectivity index (χ1) is 17.2. The molecule has 0 amide bonds. The average Bonchev–Trinajstić information content (AvgIpc) is 3.47. The van der Waals surface area contributed by atoms with Gasteiger partial charge in [0.05, 0.1) is 23.8 Å². The minimum absolute atomic E-state index is 0.142. The molecule has 0 aliphatic carbocycles. The van der Waals surface area contributed by atoms with Crippen LogP contribution in [0.5, 0.6) is 5.75 Å². The summed E-state index contributed by atoms with van der Waals surface area (Å²) in [4.78, 5) is 17.2. The number of piperazine rings is 1. The first kappa shape index (κ1) is 24.4. The van der Waals surface area contributed by atoms with Gasteiger partial charge in [0.2, 0.25) is 0 Å². The molecule has 0 spiro atoms. The van der Waals surface area contributed by atoms with Crippen LogP contribution in [-0.2, 0) is 0 Å². The SMILES string of the molecule is COc1cc(-c2[nH]c3ccc(N4CCN(CCCC(F)(F)F)CC4)nc3c2C(C)C)cn2ncnc12. The van der Waals surface area contributed by atoms with Crippen LogP contribution >= 0.6 is 0 Å². The van der Waals surface area contributed by atoms with Crippen LogP contribution < -0.4 is 9.64 Å². The zero-order chi connectivity index (χ0) is 25.4. The lowest BCUT2D eigenvalue weighted by Crippen LogP contribution is -2.47. The number of nitrogens with one attached hydrogen (secondary N) is 1. The zero-order valence-corrected chi connectivity index (χ0v) is 20.6. The molecule has 0 bridgehead atoms. The third-order valence-electron chi connectivity index (χ3n) is 6.72. The molecule has 0 saturated carbocycles. The predicted octanol–water partition coefficient (Wildman–Crippen LogP) is 4.87. The number of hydrogen-bond donors (Lipinski definition) is 1. The summed E-state index contributed by atoms with van der Waals surface area (Å²) in [5.41, 5.74) is 5.53. The number of anilines is 1. The van der Waals surface area contributed by atoms with E-state index in [0.717, 1.165) is 59.9 Å². The minimum Gasteiger partial charge on any atom is -0.493 e. The zero-order valence-electron chi connectivity index (χ0n) is 20.6. The maximum absolute atomic E-state index is 12.5. The van der Waals surface area contributed by atoms with E-state index in [4.69, 9.17) is 9.72 Å². The molecule has 0 atom stereocenters. The van der Waals surface area contributed by atoms with Crippen molar-refractivity contribution in [1.29, 1.82) is 0 Å². The number of aromatic amines is 1. The Kier molecular flexibility index (Phi) is 6.50. The topological polar surface area (TPSA) is 74.6 Å². The number of nitrogens with zero attached hydrogens (tertiary/aromatic N) is 6. The van der Waals surface area contributed by atoms with E-state index in [-0.39, 0.29) is 12.3 Å². The summed E-state index contributed by atoms with van der Waals surface area (Å²) >= 11 is 0. The Labute approximate surface area is 207 Å². The highest BCUT2D eigenvalue weighted by Gasteiger charge is 2.27. The molecule has 0 aromatic carbocycles. The van der Waals surface area contributed by atoms with E-state index in [1.807, 2.05) is 24.4 Å². The van der Waals surface area contributed by atoms with Crippen molar-refractivity contribution >= 4 is 22.5 Å². The third-order valence-corrected chi connectivity index (χ3v) is 6.72. The van der Waals surface area contributed by atoms with Crippen molar-refractivity contribution < 1.29 is 17.9 Å². The summed E-state index contributed by atoms with van der Waals surface area (Å²) in [5.74, 6) is 1.73. The fourth-order valence-electron chi connectivity index (χ4n) is 4.93. The van der Waals surface area contributed by atoms with E-state index in [2.05, 4.69) is 38.7 Å². The molecule has 1 aliphatic rings. The van der Waals surface area contributed by atoms with Gasteiger partial charge in [0.1, 0.15) is 12.1 Å². The number of halogens is 3. The molecule has 0 radical (unpaired) electrons. The number of H-pyrrole nitrogens is 1. The quantitative estimate of drug-likeness (QED) is 0.390. The molecular weight excluding hydrogens is 471 g/mol. The van der Waals surface area contributed by atoms with Crippen molar-refractivity contribution in [3.8, 4) is 17.0 Å². The lowest BCUT2D eigenvalue weighted by molar-refractivity contribution is -0.136. The molecule has 1 N–H and O–H groups in total. The Balaban J connectivity index is 1.40. The highest BCUT2D eigenvalue weighted by atomic mass is 19.4. The third kappa shape index (κ3) is 4.84. The average molecular weight is 502 g/mol. The predicted molar refractivity (Wildman–Crippen MR) is 133 cm³/mol. The second-order valence-corrected chi connectivity index (χ2v) is 9.51. The number of fused-ring (bicyclic) bond motifs is 2. The molecule has 5 heterocycles. The normalized spacial score (nSPS) is 15.5. The molecule has 4 aromatic heterocycles. The summed E-state index contributed by atoms with van der Waals surface area (Å²) < 4.78 is 44.6. The number of ether oxygens (including phenoxy) is 1. The van der Waals surface area contributed by atoms with Crippen LogP contribution in [-0.4, -0.2) is 75.5 Å². The summed E-state index contributed by atoms with van der Waals surface area (Å²) in [5, 5.41) is 4.28. The van der Waals surface area contributed by atoms with Crippen LogP contribution in [0.25, 0.3) is 27.9 Å². The van der Waals surface area contributed by atoms with Gasteiger partial charge in [0.25, 0.3) is 0 Å². The van der Waals surface area contributed by atoms with Gasteiger partial charge in [-0.15, -0.1) is 0 Å². The van der Waals surface area contributed by atoms with E-state index in [9.17, 15) is 13.2 Å². The van der Waals surface area contributed by atoms with Gasteiger partial charge < -0.3 is 14.6 Å². The van der Waals surface area contributed by atoms with E-state index in [1.54, 1.807) is 11.6 Å². The minimum atomic E-state index is -4.09. The lowest BCUT2D eigenvalue weighted by Gasteiger charge is -2.35. The van der Waals surface area contributed by atoms with Gasteiger partial charge in [-0.3, -0.25) is 4.90 Å². The molecule has 192 valence electrons. The van der Waals surface area contributed by atoms with Crippen molar-refractivity contribution in [3.63, 3.8) is 0 Å². The number of pyridine rings is 2.